The van der Waals surface area contributed by atoms with Gasteiger partial charge in [0.1, 0.15) is 5.82 Å². The number of hydrogen-bond acceptors (Lipinski definition) is 8. The van der Waals surface area contributed by atoms with Crippen molar-refractivity contribution >= 4 is 17.0 Å². The number of imidazole rings is 1. The van der Waals surface area contributed by atoms with Crippen LogP contribution in [0.25, 0.3) is 22.6 Å². The van der Waals surface area contributed by atoms with Crippen LogP contribution in [0.5, 0.6) is 6.01 Å². The van der Waals surface area contributed by atoms with E-state index in [2.05, 4.69) is 58.2 Å². The number of pyridine rings is 1. The third kappa shape index (κ3) is 5.10. The van der Waals surface area contributed by atoms with Gasteiger partial charge in [-0.05, 0) is 43.8 Å². The van der Waals surface area contributed by atoms with E-state index in [1.807, 2.05) is 17.6 Å². The lowest BCUT2D eigenvalue weighted by Gasteiger charge is -2.12. The molecule has 172 valence electrons. The van der Waals surface area contributed by atoms with Crippen LogP contribution in [0.15, 0.2) is 42.7 Å². The number of ether oxygens (including phenoxy) is 2. The minimum absolute atomic E-state index is 0.239. The Labute approximate surface area is 193 Å². The van der Waals surface area contributed by atoms with Crippen LogP contribution in [0.4, 0.5) is 5.82 Å². The van der Waals surface area contributed by atoms with Crippen molar-refractivity contribution in [2.45, 2.75) is 26.6 Å². The van der Waals surface area contributed by atoms with Crippen molar-refractivity contribution in [1.82, 2.24) is 29.4 Å². The van der Waals surface area contributed by atoms with Gasteiger partial charge in [0, 0.05) is 31.6 Å². The van der Waals surface area contributed by atoms with Crippen molar-refractivity contribution in [3.05, 3.63) is 59.4 Å². The smallest absolute Gasteiger partial charge is 0.320 e. The maximum Gasteiger partial charge on any atom is 0.320 e. The van der Waals surface area contributed by atoms with E-state index >= 15 is 0 Å². The van der Waals surface area contributed by atoms with Gasteiger partial charge in [0.05, 0.1) is 19.8 Å². The third-order valence-corrected chi connectivity index (χ3v) is 5.10. The predicted octanol–water partition coefficient (Wildman–Crippen LogP) is 3.13. The first-order chi connectivity index (χ1) is 16.0. The summed E-state index contributed by atoms with van der Waals surface area (Å²) in [7, 11) is 5.78. The van der Waals surface area contributed by atoms with Crippen molar-refractivity contribution in [3.8, 4) is 17.4 Å². The molecule has 33 heavy (non-hydrogen) atoms. The average Bonchev–Trinajstić information content (AvgIpc) is 3.14. The number of nitrogens with two attached hydrogens (primary N) is 1. The molecule has 4 aromatic rings. The van der Waals surface area contributed by atoms with Crippen LogP contribution in [-0.4, -0.2) is 57.2 Å². The minimum atomic E-state index is 0.239. The topological polar surface area (TPSA) is 104 Å². The van der Waals surface area contributed by atoms with Crippen LogP contribution in [0, 0.1) is 0 Å². The lowest BCUT2D eigenvalue weighted by Crippen LogP contribution is -2.10. The van der Waals surface area contributed by atoms with Gasteiger partial charge >= 0.3 is 6.01 Å². The SMILES string of the molecule is CCOc1nc(N)c2nc(-c3cncc(COC)c3)n(Cc3ccc(CN(C)C)cc3)c2n1. The standard InChI is InChI=1S/C24H29N7O2/c1-5-33-24-28-21(25)20-23(29-24)31(14-17-8-6-16(7-9-17)13-30(2)3)22(27-20)19-10-18(15-32-4)11-26-12-19/h6-12H,5,13-15H2,1-4H3,(H2,25,28,29). The predicted molar refractivity (Wildman–Crippen MR) is 128 cm³/mol. The highest BCUT2D eigenvalue weighted by molar-refractivity contribution is 5.86. The van der Waals surface area contributed by atoms with Gasteiger partial charge in [0.25, 0.3) is 0 Å². The molecule has 0 amide bonds. The Hall–Kier alpha value is -3.56. The molecule has 0 fully saturated rings. The van der Waals surface area contributed by atoms with Crippen molar-refractivity contribution in [1.29, 1.82) is 0 Å². The number of benzene rings is 1. The highest BCUT2D eigenvalue weighted by Crippen LogP contribution is 2.29. The summed E-state index contributed by atoms with van der Waals surface area (Å²) < 4.78 is 12.8. The first-order valence-electron chi connectivity index (χ1n) is 10.8. The molecule has 0 unspecified atom stereocenters. The van der Waals surface area contributed by atoms with Crippen LogP contribution >= 0.6 is 0 Å². The van der Waals surface area contributed by atoms with Gasteiger partial charge in [-0.15, -0.1) is 0 Å². The maximum atomic E-state index is 6.24. The van der Waals surface area contributed by atoms with E-state index in [9.17, 15) is 0 Å². The summed E-state index contributed by atoms with van der Waals surface area (Å²) in [4.78, 5) is 20.2. The van der Waals surface area contributed by atoms with Gasteiger partial charge in [-0.1, -0.05) is 24.3 Å². The minimum Gasteiger partial charge on any atom is -0.464 e. The number of hydrogen-bond donors (Lipinski definition) is 1. The van der Waals surface area contributed by atoms with E-state index in [1.165, 1.54) is 5.56 Å². The maximum absolute atomic E-state index is 6.24. The number of fused-ring (bicyclic) bond motifs is 1. The first kappa shape index (κ1) is 22.6. The molecule has 0 bridgehead atoms. The van der Waals surface area contributed by atoms with Gasteiger partial charge in [-0.25, -0.2) is 4.98 Å². The van der Waals surface area contributed by atoms with Gasteiger partial charge in [0.2, 0.25) is 0 Å². The zero-order valence-electron chi connectivity index (χ0n) is 19.4. The normalized spacial score (nSPS) is 11.4. The lowest BCUT2D eigenvalue weighted by molar-refractivity contribution is 0.184. The Kier molecular flexibility index (Phi) is 6.81. The molecule has 9 nitrogen and oxygen atoms in total. The van der Waals surface area contributed by atoms with Crippen LogP contribution in [0.2, 0.25) is 0 Å². The molecule has 3 heterocycles. The average molecular weight is 448 g/mol. The summed E-state index contributed by atoms with van der Waals surface area (Å²) in [6, 6.07) is 10.8. The highest BCUT2D eigenvalue weighted by atomic mass is 16.5. The van der Waals surface area contributed by atoms with Crippen LogP contribution in [0.3, 0.4) is 0 Å². The number of anilines is 1. The quantitative estimate of drug-likeness (QED) is 0.417. The van der Waals surface area contributed by atoms with Crippen LogP contribution in [-0.2, 0) is 24.4 Å². The molecule has 0 aliphatic heterocycles. The van der Waals surface area contributed by atoms with E-state index in [1.54, 1.807) is 19.5 Å². The number of aromatic nitrogens is 5. The number of rotatable bonds is 9. The molecule has 4 rings (SSSR count). The zero-order valence-corrected chi connectivity index (χ0v) is 19.4. The fourth-order valence-electron chi connectivity index (χ4n) is 3.72. The fourth-order valence-corrected chi connectivity index (χ4v) is 3.72. The van der Waals surface area contributed by atoms with Gasteiger partial charge in [-0.2, -0.15) is 9.97 Å². The summed E-state index contributed by atoms with van der Waals surface area (Å²) in [6.07, 6.45) is 3.56. The van der Waals surface area contributed by atoms with Crippen molar-refractivity contribution < 1.29 is 9.47 Å². The highest BCUT2D eigenvalue weighted by Gasteiger charge is 2.19. The molecule has 9 heteroatoms. The van der Waals surface area contributed by atoms with E-state index in [0.717, 1.165) is 23.2 Å². The van der Waals surface area contributed by atoms with E-state index in [0.29, 0.717) is 36.7 Å². The molecule has 0 radical (unpaired) electrons. The van der Waals surface area contributed by atoms with Gasteiger partial charge in [0.15, 0.2) is 17.0 Å². The number of nitrogens with zero attached hydrogens (tertiary/aromatic N) is 6. The van der Waals surface area contributed by atoms with Gasteiger partial charge < -0.3 is 24.7 Å². The third-order valence-electron chi connectivity index (χ3n) is 5.10. The van der Waals surface area contributed by atoms with Crippen molar-refractivity contribution in [3.63, 3.8) is 0 Å². The molecule has 0 spiro atoms. The van der Waals surface area contributed by atoms with Crippen LogP contribution < -0.4 is 10.5 Å². The lowest BCUT2D eigenvalue weighted by atomic mass is 10.1. The molecule has 0 saturated carbocycles. The Morgan fingerprint density at radius 3 is 2.45 bits per heavy atom. The second kappa shape index (κ2) is 9.93. The van der Waals surface area contributed by atoms with E-state index in [4.69, 9.17) is 20.2 Å². The van der Waals surface area contributed by atoms with Crippen LogP contribution in [0.1, 0.15) is 23.6 Å². The summed E-state index contributed by atoms with van der Waals surface area (Å²) in [5.74, 6) is 0.994. The summed E-state index contributed by atoms with van der Waals surface area (Å²) in [5, 5.41) is 0. The molecule has 1 aromatic carbocycles. The Morgan fingerprint density at radius 2 is 1.76 bits per heavy atom. The molecule has 0 atom stereocenters. The van der Waals surface area contributed by atoms with E-state index in [-0.39, 0.29) is 11.8 Å². The fraction of sp³-hybridized carbons (Fsp3) is 0.333. The Morgan fingerprint density at radius 1 is 1.00 bits per heavy atom. The Bertz CT molecular complexity index is 1240. The van der Waals surface area contributed by atoms with Crippen molar-refractivity contribution in [2.75, 3.05) is 33.5 Å². The molecule has 2 N–H and O–H groups in total. The molecule has 0 saturated heterocycles. The monoisotopic (exact) mass is 447 g/mol. The summed E-state index contributed by atoms with van der Waals surface area (Å²) in [6.45, 7) is 4.24. The summed E-state index contributed by atoms with van der Waals surface area (Å²) >= 11 is 0. The molecule has 0 aliphatic rings. The Balaban J connectivity index is 1.82. The largest absolute Gasteiger partial charge is 0.464 e. The van der Waals surface area contributed by atoms with Crippen molar-refractivity contribution in [2.24, 2.45) is 0 Å². The van der Waals surface area contributed by atoms with E-state index < -0.39 is 0 Å². The summed E-state index contributed by atoms with van der Waals surface area (Å²) in [5.41, 5.74) is 11.6. The molecule has 3 aromatic heterocycles. The number of methoxy groups -OCH3 is 1. The van der Waals surface area contributed by atoms with Gasteiger partial charge in [-0.3, -0.25) is 4.98 Å². The molecule has 0 aliphatic carbocycles. The molecular formula is C24H29N7O2. The number of nitrogen functional groups attached to an aromatic ring is 1. The molecular weight excluding hydrogens is 418 g/mol. The second-order valence-electron chi connectivity index (χ2n) is 8.09. The second-order valence-corrected chi connectivity index (χ2v) is 8.09. The zero-order chi connectivity index (χ0) is 23.4. The first-order valence-corrected chi connectivity index (χ1v) is 10.8.